The van der Waals surface area contributed by atoms with Gasteiger partial charge < -0.3 is 4.74 Å². The monoisotopic (exact) mass is 245 g/mol. The maximum absolute atomic E-state index is 11.1. The van der Waals surface area contributed by atoms with Crippen LogP contribution in [0.1, 0.15) is 26.3 Å². The van der Waals surface area contributed by atoms with Gasteiger partial charge in [-0.2, -0.15) is 8.42 Å². The molecule has 1 N–H and O–H groups in total. The van der Waals surface area contributed by atoms with E-state index in [9.17, 15) is 8.42 Å². The number of ether oxygens (including phenoxy) is 1. The molecule has 1 heterocycles. The maximum Gasteiger partial charge on any atom is 0.299 e. The summed E-state index contributed by atoms with van der Waals surface area (Å²) in [6.07, 6.45) is 1.54. The van der Waals surface area contributed by atoms with Crippen LogP contribution in [0.2, 0.25) is 0 Å². The van der Waals surface area contributed by atoms with E-state index in [0.717, 1.165) is 0 Å². The molecule has 0 amide bonds. The van der Waals surface area contributed by atoms with Crippen molar-refractivity contribution in [3.8, 4) is 5.88 Å². The molecule has 0 aliphatic heterocycles. The standard InChI is InChI=1S/C10H15NO4S/c1-10(2,3)7-5-8(16(12,13)14)9(15-4)11-6-7/h5-6H,1-4H3,(H,12,13,14). The first-order valence-electron chi connectivity index (χ1n) is 4.68. The topological polar surface area (TPSA) is 76.5 Å². The van der Waals surface area contributed by atoms with Crippen molar-refractivity contribution in [1.82, 2.24) is 4.98 Å². The Hall–Kier alpha value is -1.14. The second-order valence-corrected chi connectivity index (χ2v) is 5.85. The fraction of sp³-hybridized carbons (Fsp3) is 0.500. The predicted molar refractivity (Wildman–Crippen MR) is 59.3 cm³/mol. The van der Waals surface area contributed by atoms with Crippen molar-refractivity contribution in [3.05, 3.63) is 17.8 Å². The van der Waals surface area contributed by atoms with E-state index >= 15 is 0 Å². The molecule has 1 aromatic rings. The first-order valence-corrected chi connectivity index (χ1v) is 6.12. The zero-order valence-electron chi connectivity index (χ0n) is 9.68. The molecule has 0 aromatic carbocycles. The molecule has 0 fully saturated rings. The molecule has 0 spiro atoms. The van der Waals surface area contributed by atoms with Gasteiger partial charge in [-0.05, 0) is 17.0 Å². The Morgan fingerprint density at radius 3 is 2.31 bits per heavy atom. The second kappa shape index (κ2) is 4.03. The third kappa shape index (κ3) is 2.70. The van der Waals surface area contributed by atoms with Gasteiger partial charge in [-0.3, -0.25) is 4.55 Å². The largest absolute Gasteiger partial charge is 0.480 e. The number of hydrogen-bond acceptors (Lipinski definition) is 4. The van der Waals surface area contributed by atoms with Gasteiger partial charge in [0.15, 0.2) is 4.90 Å². The summed E-state index contributed by atoms with van der Waals surface area (Å²) < 4.78 is 36.1. The normalized spacial score (nSPS) is 12.6. The zero-order valence-corrected chi connectivity index (χ0v) is 10.5. The summed E-state index contributed by atoms with van der Waals surface area (Å²) in [5.41, 5.74) is 0.458. The number of rotatable bonds is 2. The molecular formula is C10H15NO4S. The van der Waals surface area contributed by atoms with E-state index < -0.39 is 10.1 Å². The Bertz CT molecular complexity index is 488. The minimum absolute atomic E-state index is 0.101. The Labute approximate surface area is 95.2 Å². The first kappa shape index (κ1) is 12.9. The first-order chi connectivity index (χ1) is 7.16. The van der Waals surface area contributed by atoms with Crippen molar-refractivity contribution in [2.75, 3.05) is 7.11 Å². The van der Waals surface area contributed by atoms with E-state index in [0.29, 0.717) is 5.56 Å². The van der Waals surface area contributed by atoms with Crippen molar-refractivity contribution in [1.29, 1.82) is 0 Å². The molecule has 0 radical (unpaired) electrons. The van der Waals surface area contributed by atoms with Gasteiger partial charge in [0.05, 0.1) is 7.11 Å². The van der Waals surface area contributed by atoms with Crippen LogP contribution < -0.4 is 4.74 Å². The van der Waals surface area contributed by atoms with E-state index in [1.165, 1.54) is 19.4 Å². The van der Waals surface area contributed by atoms with Gasteiger partial charge in [0, 0.05) is 6.20 Å². The maximum atomic E-state index is 11.1. The Balaban J connectivity index is 3.46. The average molecular weight is 245 g/mol. The van der Waals surface area contributed by atoms with E-state index in [-0.39, 0.29) is 16.2 Å². The average Bonchev–Trinajstić information content (AvgIpc) is 2.14. The zero-order chi connectivity index (χ0) is 12.6. The van der Waals surface area contributed by atoms with E-state index in [2.05, 4.69) is 4.98 Å². The molecule has 16 heavy (non-hydrogen) atoms. The molecule has 0 bridgehead atoms. The fourth-order valence-corrected chi connectivity index (χ4v) is 1.81. The summed E-state index contributed by atoms with van der Waals surface area (Å²) in [5.74, 6) is -0.101. The summed E-state index contributed by atoms with van der Waals surface area (Å²) in [6, 6.07) is 1.38. The highest BCUT2D eigenvalue weighted by atomic mass is 32.2. The van der Waals surface area contributed by atoms with Crippen LogP contribution in [0.3, 0.4) is 0 Å². The molecular weight excluding hydrogens is 230 g/mol. The summed E-state index contributed by atoms with van der Waals surface area (Å²) >= 11 is 0. The summed E-state index contributed by atoms with van der Waals surface area (Å²) in [4.78, 5) is 3.57. The van der Waals surface area contributed by atoms with Crippen LogP contribution in [0.4, 0.5) is 0 Å². The minimum atomic E-state index is -4.32. The number of pyridine rings is 1. The third-order valence-electron chi connectivity index (χ3n) is 2.16. The number of hydrogen-bond donors (Lipinski definition) is 1. The molecule has 0 aliphatic rings. The molecule has 1 aromatic heterocycles. The lowest BCUT2D eigenvalue weighted by Crippen LogP contribution is -2.14. The highest BCUT2D eigenvalue weighted by Gasteiger charge is 2.22. The molecule has 0 saturated carbocycles. The van der Waals surface area contributed by atoms with Crippen LogP contribution in [0.25, 0.3) is 0 Å². The SMILES string of the molecule is COc1ncc(C(C)(C)C)cc1S(=O)(=O)O. The highest BCUT2D eigenvalue weighted by Crippen LogP contribution is 2.28. The second-order valence-electron chi connectivity index (χ2n) is 4.46. The summed E-state index contributed by atoms with van der Waals surface area (Å²) in [6.45, 7) is 5.76. The lowest BCUT2D eigenvalue weighted by Gasteiger charge is -2.19. The van der Waals surface area contributed by atoms with E-state index in [4.69, 9.17) is 9.29 Å². The Kier molecular flexibility index (Phi) is 3.25. The van der Waals surface area contributed by atoms with Crippen molar-refractivity contribution in [2.24, 2.45) is 0 Å². The predicted octanol–water partition coefficient (Wildman–Crippen LogP) is 1.63. The van der Waals surface area contributed by atoms with Gasteiger partial charge in [-0.15, -0.1) is 0 Å². The molecule has 5 nitrogen and oxygen atoms in total. The van der Waals surface area contributed by atoms with E-state index in [1.54, 1.807) is 0 Å². The van der Waals surface area contributed by atoms with Gasteiger partial charge in [-0.1, -0.05) is 20.8 Å². The summed E-state index contributed by atoms with van der Waals surface area (Å²) in [5, 5.41) is 0. The van der Waals surface area contributed by atoms with Gasteiger partial charge in [0.25, 0.3) is 10.1 Å². The van der Waals surface area contributed by atoms with Crippen LogP contribution in [0, 0.1) is 0 Å². The molecule has 0 atom stereocenters. The minimum Gasteiger partial charge on any atom is -0.480 e. The van der Waals surface area contributed by atoms with Crippen molar-refractivity contribution in [3.63, 3.8) is 0 Å². The van der Waals surface area contributed by atoms with Gasteiger partial charge in [0.1, 0.15) is 0 Å². The third-order valence-corrected chi connectivity index (χ3v) is 3.00. The van der Waals surface area contributed by atoms with E-state index in [1.807, 2.05) is 20.8 Å². The van der Waals surface area contributed by atoms with Crippen LogP contribution in [0.15, 0.2) is 17.2 Å². The molecule has 0 aliphatic carbocycles. The number of methoxy groups -OCH3 is 1. The highest BCUT2D eigenvalue weighted by molar-refractivity contribution is 7.86. The van der Waals surface area contributed by atoms with Crippen LogP contribution in [-0.2, 0) is 15.5 Å². The summed E-state index contributed by atoms with van der Waals surface area (Å²) in [7, 11) is -3.02. The van der Waals surface area contributed by atoms with Gasteiger partial charge in [0.2, 0.25) is 5.88 Å². The van der Waals surface area contributed by atoms with Crippen molar-refractivity contribution in [2.45, 2.75) is 31.1 Å². The van der Waals surface area contributed by atoms with Crippen LogP contribution in [-0.4, -0.2) is 25.1 Å². The van der Waals surface area contributed by atoms with Crippen LogP contribution >= 0.6 is 0 Å². The Morgan fingerprint density at radius 2 is 1.94 bits per heavy atom. The fourth-order valence-electron chi connectivity index (χ4n) is 1.18. The Morgan fingerprint density at radius 1 is 1.38 bits per heavy atom. The lowest BCUT2D eigenvalue weighted by atomic mass is 9.88. The molecule has 6 heteroatoms. The smallest absolute Gasteiger partial charge is 0.299 e. The molecule has 0 saturated heterocycles. The van der Waals surface area contributed by atoms with Crippen molar-refractivity contribution >= 4 is 10.1 Å². The van der Waals surface area contributed by atoms with Crippen molar-refractivity contribution < 1.29 is 17.7 Å². The molecule has 90 valence electrons. The van der Waals surface area contributed by atoms with Gasteiger partial charge in [-0.25, -0.2) is 4.98 Å². The lowest BCUT2D eigenvalue weighted by molar-refractivity contribution is 0.379. The van der Waals surface area contributed by atoms with Gasteiger partial charge >= 0.3 is 0 Å². The van der Waals surface area contributed by atoms with Crippen LogP contribution in [0.5, 0.6) is 5.88 Å². The molecule has 0 unspecified atom stereocenters. The number of aromatic nitrogens is 1. The number of nitrogens with zero attached hydrogens (tertiary/aromatic N) is 1. The quantitative estimate of drug-likeness (QED) is 0.801. The molecule has 1 rings (SSSR count).